The zero-order valence-electron chi connectivity index (χ0n) is 6.03. The summed E-state index contributed by atoms with van der Waals surface area (Å²) in [6, 6.07) is 3.43. The highest BCUT2D eigenvalue weighted by molar-refractivity contribution is 6.15. The third-order valence-corrected chi connectivity index (χ3v) is 1.78. The molecule has 5 heteroatoms. The van der Waals surface area contributed by atoms with Gasteiger partial charge in [-0.1, -0.05) is 0 Å². The van der Waals surface area contributed by atoms with Crippen molar-refractivity contribution in [3.05, 3.63) is 28.9 Å². The van der Waals surface area contributed by atoms with Crippen LogP contribution in [-0.2, 0) is 6.00 Å². The Morgan fingerprint density at radius 1 is 1.67 bits per heavy atom. The molecule has 62 valence electrons. The first-order chi connectivity index (χ1) is 5.83. The fraction of sp³-hybridized carbons (Fsp3) is 0.143. The molecule has 2 heterocycles. The lowest BCUT2D eigenvalue weighted by Crippen LogP contribution is -2.11. The van der Waals surface area contributed by atoms with Crippen LogP contribution in [0.15, 0.2) is 27.5 Å². The maximum Gasteiger partial charge on any atom is 0.422 e. The fourth-order valence-electron chi connectivity index (χ4n) is 1.01. The Bertz CT molecular complexity index is 460. The molecule has 0 bridgehead atoms. The molecule has 0 aliphatic rings. The quantitative estimate of drug-likeness (QED) is 0.626. The van der Waals surface area contributed by atoms with Crippen molar-refractivity contribution in [1.82, 2.24) is 9.55 Å². The molecule has 0 radical (unpaired) electrons. The molecule has 2 aromatic rings. The van der Waals surface area contributed by atoms with Gasteiger partial charge in [0.1, 0.15) is 6.00 Å². The van der Waals surface area contributed by atoms with Crippen LogP contribution in [0.5, 0.6) is 0 Å². The molecule has 0 saturated heterocycles. The van der Waals surface area contributed by atoms with Gasteiger partial charge < -0.3 is 4.42 Å². The SMILES string of the molecule is O=c1oc2cccnc2n1CCl. The second kappa shape index (κ2) is 2.64. The lowest BCUT2D eigenvalue weighted by Gasteiger charge is -1.90. The van der Waals surface area contributed by atoms with Crippen molar-refractivity contribution in [1.29, 1.82) is 0 Å². The predicted molar refractivity (Wildman–Crippen MR) is 44.1 cm³/mol. The molecule has 0 aliphatic heterocycles. The van der Waals surface area contributed by atoms with E-state index in [9.17, 15) is 4.79 Å². The third-order valence-electron chi connectivity index (χ3n) is 1.54. The van der Waals surface area contributed by atoms with Crippen LogP contribution in [0.1, 0.15) is 0 Å². The molecule has 0 saturated carbocycles. The third kappa shape index (κ3) is 0.921. The summed E-state index contributed by atoms with van der Waals surface area (Å²) < 4.78 is 6.11. The van der Waals surface area contributed by atoms with E-state index in [0.717, 1.165) is 0 Å². The minimum absolute atomic E-state index is 0.0584. The average Bonchev–Trinajstić information content (AvgIpc) is 2.40. The van der Waals surface area contributed by atoms with Crippen LogP contribution < -0.4 is 5.76 Å². The number of rotatable bonds is 1. The second-order valence-electron chi connectivity index (χ2n) is 2.24. The van der Waals surface area contributed by atoms with Gasteiger partial charge in [0, 0.05) is 6.20 Å². The van der Waals surface area contributed by atoms with Gasteiger partial charge in [0.2, 0.25) is 0 Å². The Kier molecular flexibility index (Phi) is 1.62. The van der Waals surface area contributed by atoms with Crippen molar-refractivity contribution in [2.75, 3.05) is 0 Å². The Balaban J connectivity index is 2.91. The Labute approximate surface area is 72.4 Å². The minimum atomic E-state index is -0.473. The highest BCUT2D eigenvalue weighted by Gasteiger charge is 2.07. The van der Waals surface area contributed by atoms with E-state index < -0.39 is 5.76 Å². The van der Waals surface area contributed by atoms with Gasteiger partial charge in [-0.05, 0) is 12.1 Å². The van der Waals surface area contributed by atoms with Gasteiger partial charge in [0.25, 0.3) is 0 Å². The molecule has 0 fully saturated rings. The maximum absolute atomic E-state index is 11.0. The molecule has 0 aromatic carbocycles. The summed E-state index contributed by atoms with van der Waals surface area (Å²) >= 11 is 5.52. The van der Waals surface area contributed by atoms with Crippen molar-refractivity contribution in [2.24, 2.45) is 0 Å². The van der Waals surface area contributed by atoms with Gasteiger partial charge in [-0.25, -0.2) is 14.3 Å². The van der Waals surface area contributed by atoms with Gasteiger partial charge in [0.15, 0.2) is 11.2 Å². The largest absolute Gasteiger partial charge is 0.422 e. The van der Waals surface area contributed by atoms with Crippen molar-refractivity contribution < 1.29 is 4.42 Å². The Morgan fingerprint density at radius 2 is 2.50 bits per heavy atom. The van der Waals surface area contributed by atoms with Crippen molar-refractivity contribution in [3.8, 4) is 0 Å². The van der Waals surface area contributed by atoms with Crippen LogP contribution in [0, 0.1) is 0 Å². The summed E-state index contributed by atoms with van der Waals surface area (Å²) in [6.45, 7) is 0. The van der Waals surface area contributed by atoms with E-state index in [-0.39, 0.29) is 6.00 Å². The van der Waals surface area contributed by atoms with Crippen molar-refractivity contribution in [2.45, 2.75) is 6.00 Å². The van der Waals surface area contributed by atoms with Crippen LogP contribution in [-0.4, -0.2) is 9.55 Å². The van der Waals surface area contributed by atoms with Gasteiger partial charge in [-0.15, -0.1) is 11.6 Å². The predicted octanol–water partition coefficient (Wildman–Crippen LogP) is 1.19. The highest BCUT2D eigenvalue weighted by atomic mass is 35.5. The highest BCUT2D eigenvalue weighted by Crippen LogP contribution is 2.08. The van der Waals surface area contributed by atoms with Gasteiger partial charge >= 0.3 is 5.76 Å². The molecule has 12 heavy (non-hydrogen) atoms. The maximum atomic E-state index is 11.0. The van der Waals surface area contributed by atoms with E-state index in [1.54, 1.807) is 18.3 Å². The average molecular weight is 185 g/mol. The Morgan fingerprint density at radius 3 is 3.25 bits per heavy atom. The van der Waals surface area contributed by atoms with Gasteiger partial charge in [-0.2, -0.15) is 0 Å². The van der Waals surface area contributed by atoms with Crippen LogP contribution in [0.2, 0.25) is 0 Å². The number of nitrogens with zero attached hydrogens (tertiary/aromatic N) is 2. The molecule has 0 N–H and O–H groups in total. The molecule has 0 aliphatic carbocycles. The molecule has 2 rings (SSSR count). The number of hydrogen-bond donors (Lipinski definition) is 0. The van der Waals surface area contributed by atoms with Crippen LogP contribution in [0.3, 0.4) is 0 Å². The molecule has 0 atom stereocenters. The van der Waals surface area contributed by atoms with E-state index in [4.69, 9.17) is 16.0 Å². The zero-order valence-corrected chi connectivity index (χ0v) is 6.78. The molecule has 0 amide bonds. The van der Waals surface area contributed by atoms with Crippen molar-refractivity contribution >= 4 is 22.8 Å². The monoisotopic (exact) mass is 184 g/mol. The molecule has 0 unspecified atom stereocenters. The molecular weight excluding hydrogens is 180 g/mol. The molecular formula is C7H5ClN2O2. The van der Waals surface area contributed by atoms with Crippen LogP contribution in [0.25, 0.3) is 11.2 Å². The number of halogens is 1. The number of pyridine rings is 1. The van der Waals surface area contributed by atoms with Gasteiger partial charge in [0.05, 0.1) is 0 Å². The number of alkyl halides is 1. The topological polar surface area (TPSA) is 48.0 Å². The van der Waals surface area contributed by atoms with E-state index in [1.165, 1.54) is 4.57 Å². The fourth-order valence-corrected chi connectivity index (χ4v) is 1.22. The van der Waals surface area contributed by atoms with Gasteiger partial charge in [-0.3, -0.25) is 0 Å². The van der Waals surface area contributed by atoms with E-state index in [1.807, 2.05) is 0 Å². The molecule has 0 spiro atoms. The molecule has 2 aromatic heterocycles. The lowest BCUT2D eigenvalue weighted by atomic mass is 10.5. The van der Waals surface area contributed by atoms with Crippen molar-refractivity contribution in [3.63, 3.8) is 0 Å². The zero-order chi connectivity index (χ0) is 8.55. The summed E-state index contributed by atoms with van der Waals surface area (Å²) in [6.07, 6.45) is 1.58. The minimum Gasteiger partial charge on any atom is -0.406 e. The number of fused-ring (bicyclic) bond motifs is 1. The summed E-state index contributed by atoms with van der Waals surface area (Å²) in [5.41, 5.74) is 0.945. The first kappa shape index (κ1) is 7.36. The van der Waals surface area contributed by atoms with Crippen LogP contribution >= 0.6 is 11.6 Å². The molecule has 4 nitrogen and oxygen atoms in total. The first-order valence-corrected chi connectivity index (χ1v) is 3.86. The summed E-state index contributed by atoms with van der Waals surface area (Å²) in [4.78, 5) is 15.0. The second-order valence-corrected chi connectivity index (χ2v) is 2.48. The lowest BCUT2D eigenvalue weighted by molar-refractivity contribution is 0.525. The summed E-state index contributed by atoms with van der Waals surface area (Å²) in [7, 11) is 0. The van der Waals surface area contributed by atoms with E-state index in [2.05, 4.69) is 4.98 Å². The standard InChI is InChI=1S/C7H5ClN2O2/c8-4-10-6-5(12-7(10)11)2-1-3-9-6/h1-3H,4H2. The summed E-state index contributed by atoms with van der Waals surface area (Å²) in [5.74, 6) is -0.473. The van der Waals surface area contributed by atoms with Crippen LogP contribution in [0.4, 0.5) is 0 Å². The number of oxazole rings is 1. The van der Waals surface area contributed by atoms with E-state index >= 15 is 0 Å². The number of hydrogen-bond acceptors (Lipinski definition) is 3. The summed E-state index contributed by atoms with van der Waals surface area (Å²) in [5, 5.41) is 0. The first-order valence-electron chi connectivity index (χ1n) is 3.33. The number of aromatic nitrogens is 2. The van der Waals surface area contributed by atoms with E-state index in [0.29, 0.717) is 11.2 Å². The Hall–Kier alpha value is -1.29. The smallest absolute Gasteiger partial charge is 0.406 e. The normalized spacial score (nSPS) is 10.8.